The zero-order valence-corrected chi connectivity index (χ0v) is 14.2. The van der Waals surface area contributed by atoms with Gasteiger partial charge in [0.15, 0.2) is 0 Å². The average Bonchev–Trinajstić information content (AvgIpc) is 2.95. The second-order valence-electron chi connectivity index (χ2n) is 5.35. The molecule has 2 aromatic rings. The van der Waals surface area contributed by atoms with Crippen LogP contribution in [0.1, 0.15) is 37.9 Å². The van der Waals surface area contributed by atoms with Crippen LogP contribution in [0.4, 0.5) is 0 Å². The van der Waals surface area contributed by atoms with E-state index in [0.717, 1.165) is 29.7 Å². The molecular weight excluding hydrogens is 316 g/mol. The first-order valence-electron chi connectivity index (χ1n) is 7.10. The highest BCUT2D eigenvalue weighted by Gasteiger charge is 2.13. The molecule has 4 nitrogen and oxygen atoms in total. The van der Waals surface area contributed by atoms with Crippen LogP contribution in [0.5, 0.6) is 0 Å². The summed E-state index contributed by atoms with van der Waals surface area (Å²) in [5, 5.41) is 8.02. The second kappa shape index (κ2) is 6.59. The third-order valence-electron chi connectivity index (χ3n) is 3.44. The Hall–Kier alpha value is -1.07. The van der Waals surface area contributed by atoms with Crippen molar-refractivity contribution in [1.29, 1.82) is 0 Å². The molecule has 0 aromatic carbocycles. The molecule has 0 saturated carbocycles. The third-order valence-corrected chi connectivity index (χ3v) is 4.35. The first-order valence-corrected chi connectivity index (χ1v) is 7.89. The summed E-state index contributed by atoms with van der Waals surface area (Å²) in [5.74, 6) is 0. The van der Waals surface area contributed by atoms with Gasteiger partial charge in [-0.25, -0.2) is 0 Å². The Kier molecular flexibility index (Phi) is 5.05. The Morgan fingerprint density at radius 1 is 1.40 bits per heavy atom. The number of rotatable bonds is 6. The van der Waals surface area contributed by atoms with Crippen molar-refractivity contribution in [3.8, 4) is 0 Å². The molecule has 0 aliphatic heterocycles. The van der Waals surface area contributed by atoms with Crippen LogP contribution < -0.4 is 5.32 Å². The standard InChI is InChI=1S/C15H23BrN4/c1-5-13-15(16)14(19(4)18-13)10-20-8-6-7-12(20)9-17-11(2)3/h6-8,11,17H,5,9-10H2,1-4H3. The zero-order chi connectivity index (χ0) is 14.7. The van der Waals surface area contributed by atoms with Crippen molar-refractivity contribution in [3.63, 3.8) is 0 Å². The Labute approximate surface area is 129 Å². The van der Waals surface area contributed by atoms with Gasteiger partial charge in [-0.2, -0.15) is 5.10 Å². The summed E-state index contributed by atoms with van der Waals surface area (Å²) in [6, 6.07) is 4.76. The van der Waals surface area contributed by atoms with E-state index in [1.54, 1.807) is 0 Å². The van der Waals surface area contributed by atoms with Gasteiger partial charge in [0, 0.05) is 31.5 Å². The van der Waals surface area contributed by atoms with E-state index in [0.29, 0.717) is 6.04 Å². The molecule has 0 saturated heterocycles. The number of aryl methyl sites for hydroxylation is 2. The first kappa shape index (κ1) is 15.3. The predicted molar refractivity (Wildman–Crippen MR) is 85.8 cm³/mol. The second-order valence-corrected chi connectivity index (χ2v) is 6.14. The fourth-order valence-corrected chi connectivity index (χ4v) is 2.97. The molecule has 0 bridgehead atoms. The third kappa shape index (κ3) is 3.33. The van der Waals surface area contributed by atoms with E-state index >= 15 is 0 Å². The SMILES string of the molecule is CCc1nn(C)c(Cn2cccc2CNC(C)C)c1Br. The quantitative estimate of drug-likeness (QED) is 0.878. The van der Waals surface area contributed by atoms with Crippen molar-refractivity contribution in [1.82, 2.24) is 19.7 Å². The molecule has 0 amide bonds. The van der Waals surface area contributed by atoms with Gasteiger partial charge in [-0.3, -0.25) is 4.68 Å². The maximum absolute atomic E-state index is 4.55. The number of hydrogen-bond donors (Lipinski definition) is 1. The van der Waals surface area contributed by atoms with Crippen LogP contribution in [0.3, 0.4) is 0 Å². The number of halogens is 1. The largest absolute Gasteiger partial charge is 0.344 e. The molecule has 0 aliphatic rings. The molecule has 110 valence electrons. The van der Waals surface area contributed by atoms with E-state index in [-0.39, 0.29) is 0 Å². The van der Waals surface area contributed by atoms with E-state index in [1.807, 2.05) is 11.7 Å². The molecule has 2 aromatic heterocycles. The molecule has 0 fully saturated rings. The van der Waals surface area contributed by atoms with Crippen molar-refractivity contribution >= 4 is 15.9 Å². The lowest BCUT2D eigenvalue weighted by Crippen LogP contribution is -2.23. The maximum atomic E-state index is 4.55. The molecule has 0 unspecified atom stereocenters. The van der Waals surface area contributed by atoms with Crippen LogP contribution in [-0.2, 0) is 26.6 Å². The summed E-state index contributed by atoms with van der Waals surface area (Å²) in [4.78, 5) is 0. The Morgan fingerprint density at radius 2 is 2.15 bits per heavy atom. The summed E-state index contributed by atoms with van der Waals surface area (Å²) in [6.45, 7) is 8.19. The van der Waals surface area contributed by atoms with Crippen molar-refractivity contribution in [3.05, 3.63) is 39.9 Å². The maximum Gasteiger partial charge on any atom is 0.0767 e. The first-order chi connectivity index (χ1) is 9.52. The fourth-order valence-electron chi connectivity index (χ4n) is 2.23. The fraction of sp³-hybridized carbons (Fsp3) is 0.533. The predicted octanol–water partition coefficient (Wildman–Crippen LogP) is 3.09. The minimum absolute atomic E-state index is 0.494. The van der Waals surface area contributed by atoms with Crippen LogP contribution in [0.25, 0.3) is 0 Å². The Bertz CT molecular complexity index is 568. The highest BCUT2D eigenvalue weighted by Crippen LogP contribution is 2.23. The number of nitrogens with zero attached hydrogens (tertiary/aromatic N) is 3. The van der Waals surface area contributed by atoms with Crippen LogP contribution in [0.15, 0.2) is 22.8 Å². The number of hydrogen-bond acceptors (Lipinski definition) is 2. The number of aromatic nitrogens is 3. The zero-order valence-electron chi connectivity index (χ0n) is 12.7. The van der Waals surface area contributed by atoms with Gasteiger partial charge < -0.3 is 9.88 Å². The molecular formula is C15H23BrN4. The van der Waals surface area contributed by atoms with Crippen LogP contribution >= 0.6 is 15.9 Å². The van der Waals surface area contributed by atoms with Gasteiger partial charge in [-0.05, 0) is 34.5 Å². The van der Waals surface area contributed by atoms with E-state index in [2.05, 4.69) is 70.0 Å². The van der Waals surface area contributed by atoms with Gasteiger partial charge >= 0.3 is 0 Å². The molecule has 2 rings (SSSR count). The Balaban J connectivity index is 2.18. The molecule has 0 aliphatic carbocycles. The van der Waals surface area contributed by atoms with Crippen LogP contribution in [-0.4, -0.2) is 20.4 Å². The lowest BCUT2D eigenvalue weighted by Gasteiger charge is -2.12. The van der Waals surface area contributed by atoms with Crippen molar-refractivity contribution in [2.75, 3.05) is 0 Å². The summed E-state index contributed by atoms with van der Waals surface area (Å²) >= 11 is 3.68. The van der Waals surface area contributed by atoms with Crippen molar-refractivity contribution in [2.24, 2.45) is 7.05 Å². The Morgan fingerprint density at radius 3 is 2.75 bits per heavy atom. The van der Waals surface area contributed by atoms with E-state index in [1.165, 1.54) is 11.4 Å². The van der Waals surface area contributed by atoms with E-state index in [9.17, 15) is 0 Å². The molecule has 0 spiro atoms. The van der Waals surface area contributed by atoms with Crippen LogP contribution in [0.2, 0.25) is 0 Å². The van der Waals surface area contributed by atoms with Gasteiger partial charge in [-0.15, -0.1) is 0 Å². The summed E-state index contributed by atoms with van der Waals surface area (Å²) in [6.07, 6.45) is 3.07. The minimum atomic E-state index is 0.494. The minimum Gasteiger partial charge on any atom is -0.344 e. The smallest absolute Gasteiger partial charge is 0.0767 e. The highest BCUT2D eigenvalue weighted by atomic mass is 79.9. The molecule has 0 radical (unpaired) electrons. The van der Waals surface area contributed by atoms with Gasteiger partial charge in [0.25, 0.3) is 0 Å². The monoisotopic (exact) mass is 338 g/mol. The number of nitrogens with one attached hydrogen (secondary N) is 1. The van der Waals surface area contributed by atoms with Crippen LogP contribution in [0, 0.1) is 0 Å². The molecule has 0 atom stereocenters. The molecule has 20 heavy (non-hydrogen) atoms. The average molecular weight is 339 g/mol. The molecule has 5 heteroatoms. The lowest BCUT2D eigenvalue weighted by atomic mass is 10.3. The topological polar surface area (TPSA) is 34.8 Å². The summed E-state index contributed by atoms with van der Waals surface area (Å²) in [5.41, 5.74) is 3.63. The van der Waals surface area contributed by atoms with Gasteiger partial charge in [0.2, 0.25) is 0 Å². The molecule has 1 N–H and O–H groups in total. The molecule has 2 heterocycles. The summed E-state index contributed by atoms with van der Waals surface area (Å²) < 4.78 is 5.39. The lowest BCUT2D eigenvalue weighted by molar-refractivity contribution is 0.558. The van der Waals surface area contributed by atoms with Crippen molar-refractivity contribution in [2.45, 2.75) is 46.3 Å². The van der Waals surface area contributed by atoms with Gasteiger partial charge in [-0.1, -0.05) is 20.8 Å². The van der Waals surface area contributed by atoms with Gasteiger partial charge in [0.1, 0.15) is 0 Å². The van der Waals surface area contributed by atoms with E-state index in [4.69, 9.17) is 0 Å². The highest BCUT2D eigenvalue weighted by molar-refractivity contribution is 9.10. The summed E-state index contributed by atoms with van der Waals surface area (Å²) in [7, 11) is 2.01. The normalized spacial score (nSPS) is 11.5. The van der Waals surface area contributed by atoms with E-state index < -0.39 is 0 Å². The van der Waals surface area contributed by atoms with Crippen molar-refractivity contribution < 1.29 is 0 Å². The van der Waals surface area contributed by atoms with Gasteiger partial charge in [0.05, 0.1) is 22.4 Å².